The average Bonchev–Trinajstić information content (AvgIpc) is 3.13. The molecule has 1 aromatic heterocycles. The van der Waals surface area contributed by atoms with Gasteiger partial charge in [-0.15, -0.1) is 10.2 Å². The van der Waals surface area contributed by atoms with Gasteiger partial charge in [-0.2, -0.15) is 0 Å². The molecule has 0 atom stereocenters. The zero-order valence-electron chi connectivity index (χ0n) is 17.1. The van der Waals surface area contributed by atoms with Crippen molar-refractivity contribution < 1.29 is 14.3 Å². The molecular weight excluding hydrogens is 438 g/mol. The van der Waals surface area contributed by atoms with Crippen LogP contribution >= 0.6 is 23.4 Å². The first-order chi connectivity index (χ1) is 14.9. The molecular formula is C21H22ClN5O3S. The Bertz CT molecular complexity index is 1100. The normalized spacial score (nSPS) is 10.7. The van der Waals surface area contributed by atoms with Gasteiger partial charge in [0.1, 0.15) is 12.4 Å². The number of rotatable bonds is 9. The number of anilines is 1. The van der Waals surface area contributed by atoms with Crippen molar-refractivity contribution in [2.45, 2.75) is 32.2 Å². The molecule has 0 aliphatic rings. The van der Waals surface area contributed by atoms with Crippen LogP contribution in [0.15, 0.2) is 47.6 Å². The fourth-order valence-electron chi connectivity index (χ4n) is 2.89. The summed E-state index contributed by atoms with van der Waals surface area (Å²) in [6, 6.07) is 12.0. The number of carbonyl (C=O) groups is 2. The minimum absolute atomic E-state index is 0.0996. The van der Waals surface area contributed by atoms with Crippen molar-refractivity contribution in [3.63, 3.8) is 0 Å². The fraction of sp³-hybridized carbons (Fsp3) is 0.238. The maximum atomic E-state index is 12.4. The SMILES string of the molecule is CCn1c(COc2ccc(Cl)cc2C)nnc1SCC(=O)Nc1ccccc1C(N)=O. The Labute approximate surface area is 189 Å². The van der Waals surface area contributed by atoms with E-state index in [0.29, 0.717) is 28.2 Å². The molecule has 0 aliphatic heterocycles. The van der Waals surface area contributed by atoms with Crippen molar-refractivity contribution in [3.8, 4) is 5.75 Å². The zero-order chi connectivity index (χ0) is 22.4. The Morgan fingerprint density at radius 3 is 2.71 bits per heavy atom. The molecule has 3 rings (SSSR count). The zero-order valence-corrected chi connectivity index (χ0v) is 18.7. The lowest BCUT2D eigenvalue weighted by molar-refractivity contribution is -0.113. The molecule has 3 N–H and O–H groups in total. The molecule has 0 saturated heterocycles. The van der Waals surface area contributed by atoms with Crippen LogP contribution in [0.3, 0.4) is 0 Å². The number of nitrogens with one attached hydrogen (secondary N) is 1. The molecule has 0 bridgehead atoms. The van der Waals surface area contributed by atoms with Crippen LogP contribution in [0.2, 0.25) is 5.02 Å². The van der Waals surface area contributed by atoms with E-state index in [1.807, 2.05) is 30.5 Å². The molecule has 3 aromatic rings. The van der Waals surface area contributed by atoms with Crippen LogP contribution in [0.4, 0.5) is 5.69 Å². The van der Waals surface area contributed by atoms with E-state index in [0.717, 1.165) is 11.3 Å². The molecule has 2 amide bonds. The summed E-state index contributed by atoms with van der Waals surface area (Å²) in [5.74, 6) is 0.590. The summed E-state index contributed by atoms with van der Waals surface area (Å²) in [5, 5.41) is 12.3. The molecule has 10 heteroatoms. The molecule has 0 saturated carbocycles. The van der Waals surface area contributed by atoms with Crippen molar-refractivity contribution >= 4 is 40.9 Å². The maximum Gasteiger partial charge on any atom is 0.250 e. The Morgan fingerprint density at radius 1 is 1.23 bits per heavy atom. The summed E-state index contributed by atoms with van der Waals surface area (Å²) in [5.41, 5.74) is 6.91. The predicted molar refractivity (Wildman–Crippen MR) is 121 cm³/mol. The van der Waals surface area contributed by atoms with Crippen LogP contribution in [0.5, 0.6) is 5.75 Å². The van der Waals surface area contributed by atoms with Crippen LogP contribution in [0, 0.1) is 6.92 Å². The van der Waals surface area contributed by atoms with E-state index in [-0.39, 0.29) is 23.8 Å². The Morgan fingerprint density at radius 2 is 2.00 bits per heavy atom. The smallest absolute Gasteiger partial charge is 0.250 e. The Kier molecular flexibility index (Phi) is 7.54. The first-order valence-corrected chi connectivity index (χ1v) is 10.9. The van der Waals surface area contributed by atoms with Crippen LogP contribution in [-0.2, 0) is 17.9 Å². The molecule has 0 fully saturated rings. The molecule has 0 radical (unpaired) electrons. The second-order valence-corrected chi connectivity index (χ2v) is 7.97. The molecule has 8 nitrogen and oxygen atoms in total. The van der Waals surface area contributed by atoms with Crippen molar-refractivity contribution in [2.24, 2.45) is 5.73 Å². The number of aryl methyl sites for hydroxylation is 1. The Balaban J connectivity index is 1.62. The van der Waals surface area contributed by atoms with Crippen molar-refractivity contribution in [1.82, 2.24) is 14.8 Å². The summed E-state index contributed by atoms with van der Waals surface area (Å²) in [4.78, 5) is 23.9. The van der Waals surface area contributed by atoms with E-state index in [4.69, 9.17) is 22.1 Å². The first-order valence-electron chi connectivity index (χ1n) is 9.51. The summed E-state index contributed by atoms with van der Waals surface area (Å²) in [6.07, 6.45) is 0. The van der Waals surface area contributed by atoms with Crippen LogP contribution in [-0.4, -0.2) is 32.3 Å². The number of hydrogen-bond acceptors (Lipinski definition) is 6. The van der Waals surface area contributed by atoms with Crippen LogP contribution in [0.25, 0.3) is 0 Å². The lowest BCUT2D eigenvalue weighted by Gasteiger charge is -2.11. The largest absolute Gasteiger partial charge is 0.485 e. The number of para-hydroxylation sites is 1. The summed E-state index contributed by atoms with van der Waals surface area (Å²) < 4.78 is 7.75. The van der Waals surface area contributed by atoms with E-state index in [1.165, 1.54) is 11.8 Å². The van der Waals surface area contributed by atoms with E-state index in [9.17, 15) is 9.59 Å². The number of primary amides is 1. The third-order valence-electron chi connectivity index (χ3n) is 4.40. The minimum atomic E-state index is -0.602. The standard InChI is InChI=1S/C21H22ClN5O3S/c1-3-27-18(11-30-17-9-8-14(22)10-13(17)2)25-26-21(27)31-12-19(28)24-16-7-5-4-6-15(16)20(23)29/h4-10H,3,11-12H2,1-2H3,(H2,23,29)(H,24,28). The third-order valence-corrected chi connectivity index (χ3v) is 5.60. The van der Waals surface area contributed by atoms with Gasteiger partial charge in [0.2, 0.25) is 5.91 Å². The predicted octanol–water partition coefficient (Wildman–Crippen LogP) is 3.67. The van der Waals surface area contributed by atoms with E-state index in [2.05, 4.69) is 15.5 Å². The molecule has 2 aromatic carbocycles. The molecule has 0 aliphatic carbocycles. The number of carbonyl (C=O) groups excluding carboxylic acids is 2. The number of benzene rings is 2. The first kappa shape index (κ1) is 22.6. The van der Waals surface area contributed by atoms with Gasteiger partial charge in [-0.05, 0) is 49.7 Å². The van der Waals surface area contributed by atoms with E-state index in [1.54, 1.807) is 30.3 Å². The summed E-state index contributed by atoms with van der Waals surface area (Å²) in [6.45, 7) is 4.75. The highest BCUT2D eigenvalue weighted by Crippen LogP contribution is 2.24. The van der Waals surface area contributed by atoms with Crippen LogP contribution < -0.4 is 15.8 Å². The highest BCUT2D eigenvalue weighted by Gasteiger charge is 2.15. The van der Waals surface area contributed by atoms with Gasteiger partial charge in [0.05, 0.1) is 17.0 Å². The highest BCUT2D eigenvalue weighted by molar-refractivity contribution is 7.99. The second-order valence-electron chi connectivity index (χ2n) is 6.59. The highest BCUT2D eigenvalue weighted by atomic mass is 35.5. The molecule has 31 heavy (non-hydrogen) atoms. The van der Waals surface area contributed by atoms with Gasteiger partial charge in [0.25, 0.3) is 5.91 Å². The quantitative estimate of drug-likeness (QED) is 0.472. The number of hydrogen-bond donors (Lipinski definition) is 2. The monoisotopic (exact) mass is 459 g/mol. The van der Waals surface area contributed by atoms with Gasteiger partial charge in [-0.1, -0.05) is 35.5 Å². The lowest BCUT2D eigenvalue weighted by Crippen LogP contribution is -2.19. The maximum absolute atomic E-state index is 12.4. The number of nitrogens with zero attached hydrogens (tertiary/aromatic N) is 3. The number of thioether (sulfide) groups is 1. The van der Waals surface area contributed by atoms with E-state index >= 15 is 0 Å². The van der Waals surface area contributed by atoms with Crippen molar-refractivity contribution in [3.05, 3.63) is 64.4 Å². The van der Waals surface area contributed by atoms with Crippen molar-refractivity contribution in [2.75, 3.05) is 11.1 Å². The second kappa shape index (κ2) is 10.3. The summed E-state index contributed by atoms with van der Waals surface area (Å²) in [7, 11) is 0. The number of nitrogens with two attached hydrogens (primary N) is 1. The van der Waals surface area contributed by atoms with Gasteiger partial charge in [0.15, 0.2) is 11.0 Å². The lowest BCUT2D eigenvalue weighted by atomic mass is 10.1. The van der Waals surface area contributed by atoms with Gasteiger partial charge in [-0.25, -0.2) is 0 Å². The molecule has 0 unspecified atom stereocenters. The molecule has 162 valence electrons. The number of amides is 2. The summed E-state index contributed by atoms with van der Waals surface area (Å²) >= 11 is 7.23. The fourth-order valence-corrected chi connectivity index (χ4v) is 3.94. The van der Waals surface area contributed by atoms with Gasteiger partial charge < -0.3 is 20.4 Å². The number of halogens is 1. The van der Waals surface area contributed by atoms with E-state index < -0.39 is 5.91 Å². The van der Waals surface area contributed by atoms with Gasteiger partial charge in [0, 0.05) is 11.6 Å². The van der Waals surface area contributed by atoms with Crippen LogP contribution in [0.1, 0.15) is 28.7 Å². The number of ether oxygens (including phenoxy) is 1. The van der Waals surface area contributed by atoms with Crippen molar-refractivity contribution in [1.29, 1.82) is 0 Å². The molecule has 1 heterocycles. The third kappa shape index (κ3) is 5.77. The average molecular weight is 460 g/mol. The Hall–Kier alpha value is -3.04. The number of aromatic nitrogens is 3. The molecule has 0 spiro atoms. The topological polar surface area (TPSA) is 112 Å². The van der Waals surface area contributed by atoms with Gasteiger partial charge >= 0.3 is 0 Å². The van der Waals surface area contributed by atoms with Gasteiger partial charge in [-0.3, -0.25) is 9.59 Å². The minimum Gasteiger partial charge on any atom is -0.485 e.